The van der Waals surface area contributed by atoms with Crippen LogP contribution < -0.4 is 0 Å². The molecule has 0 bridgehead atoms. The van der Waals surface area contributed by atoms with Crippen LogP contribution in [0.4, 0.5) is 0 Å². The lowest BCUT2D eigenvalue weighted by Gasteiger charge is -2.14. The van der Waals surface area contributed by atoms with E-state index in [2.05, 4.69) is 12.5 Å². The average molecular weight is 162 g/mol. The Balaban J connectivity index is 3.34. The molecule has 0 aliphatic rings. The molecule has 0 N–H and O–H groups in total. The molecule has 0 amide bonds. The van der Waals surface area contributed by atoms with Crippen LogP contribution in [0.15, 0.2) is 0 Å². The highest BCUT2D eigenvalue weighted by Crippen LogP contribution is 2.02. The molecular formula is C6H15BO2S. The first kappa shape index (κ1) is 10.3. The quantitative estimate of drug-likeness (QED) is 0.501. The van der Waals surface area contributed by atoms with E-state index < -0.39 is 0 Å². The topological polar surface area (TPSA) is 18.5 Å². The van der Waals surface area contributed by atoms with Crippen molar-refractivity contribution in [1.29, 1.82) is 0 Å². The summed E-state index contributed by atoms with van der Waals surface area (Å²) < 4.78 is 10.4. The predicted octanol–water partition coefficient (Wildman–Crippen LogP) is 1.75. The summed E-state index contributed by atoms with van der Waals surface area (Å²) in [5.74, 6) is 0. The minimum atomic E-state index is -0.389. The summed E-state index contributed by atoms with van der Waals surface area (Å²) in [6, 6.07) is 0. The fraction of sp³-hybridized carbons (Fsp3) is 1.00. The minimum Gasteiger partial charge on any atom is -0.400 e. The van der Waals surface area contributed by atoms with Crippen LogP contribution in [-0.2, 0) is 9.31 Å². The number of hydrogen-bond donors (Lipinski definition) is 1. The third-order valence-corrected chi connectivity index (χ3v) is 1.02. The van der Waals surface area contributed by atoms with Gasteiger partial charge in [0.25, 0.3) is 0 Å². The lowest BCUT2D eigenvalue weighted by molar-refractivity contribution is 0.146. The van der Waals surface area contributed by atoms with Crippen LogP contribution in [0.5, 0.6) is 0 Å². The summed E-state index contributed by atoms with van der Waals surface area (Å²) in [7, 11) is 0. The second-order valence-corrected chi connectivity index (χ2v) is 3.10. The first-order valence-corrected chi connectivity index (χ1v) is 4.03. The van der Waals surface area contributed by atoms with Crippen molar-refractivity contribution in [3.05, 3.63) is 0 Å². The first-order valence-electron chi connectivity index (χ1n) is 3.51. The molecule has 2 nitrogen and oxygen atoms in total. The van der Waals surface area contributed by atoms with E-state index in [0.29, 0.717) is 0 Å². The van der Waals surface area contributed by atoms with Crippen LogP contribution in [0.25, 0.3) is 0 Å². The normalized spacial score (nSPS) is 11.1. The zero-order valence-electron chi connectivity index (χ0n) is 7.00. The van der Waals surface area contributed by atoms with Crippen molar-refractivity contribution in [2.24, 2.45) is 0 Å². The van der Waals surface area contributed by atoms with E-state index in [1.54, 1.807) is 0 Å². The molecule has 0 saturated carbocycles. The number of rotatable bonds is 4. The number of thiol groups is 1. The Morgan fingerprint density at radius 3 is 1.50 bits per heavy atom. The second kappa shape index (κ2) is 5.05. The SMILES string of the molecule is CC(C)OB(S)OC(C)C. The van der Waals surface area contributed by atoms with E-state index in [9.17, 15) is 0 Å². The molecule has 4 heteroatoms. The lowest BCUT2D eigenvalue weighted by Crippen LogP contribution is -2.23. The Hall–Kier alpha value is 0.335. The van der Waals surface area contributed by atoms with Crippen LogP contribution in [0.1, 0.15) is 27.7 Å². The minimum absolute atomic E-state index is 0.168. The van der Waals surface area contributed by atoms with Gasteiger partial charge >= 0.3 is 6.40 Å². The van der Waals surface area contributed by atoms with Crippen molar-refractivity contribution >= 4 is 18.9 Å². The Morgan fingerprint density at radius 1 is 1.00 bits per heavy atom. The average Bonchev–Trinajstić information content (AvgIpc) is 1.58. The molecule has 0 unspecified atom stereocenters. The number of hydrogen-bond acceptors (Lipinski definition) is 3. The van der Waals surface area contributed by atoms with Crippen LogP contribution in [-0.4, -0.2) is 18.6 Å². The van der Waals surface area contributed by atoms with Gasteiger partial charge in [0.2, 0.25) is 0 Å². The molecule has 0 spiro atoms. The lowest BCUT2D eigenvalue weighted by atomic mass is 10.3. The molecule has 10 heavy (non-hydrogen) atoms. The zero-order chi connectivity index (χ0) is 8.15. The van der Waals surface area contributed by atoms with Gasteiger partial charge in [-0.05, 0) is 27.7 Å². The summed E-state index contributed by atoms with van der Waals surface area (Å²) in [4.78, 5) is 0. The third-order valence-electron chi connectivity index (χ3n) is 0.777. The van der Waals surface area contributed by atoms with Gasteiger partial charge in [-0.3, -0.25) is 0 Å². The van der Waals surface area contributed by atoms with E-state index in [4.69, 9.17) is 9.31 Å². The Morgan fingerprint density at radius 2 is 1.30 bits per heavy atom. The summed E-state index contributed by atoms with van der Waals surface area (Å²) in [6.07, 6.45) is -0.0532. The third kappa shape index (κ3) is 6.45. The van der Waals surface area contributed by atoms with Gasteiger partial charge < -0.3 is 9.31 Å². The molecule has 0 rings (SSSR count). The molecule has 0 aromatic rings. The van der Waals surface area contributed by atoms with E-state index in [0.717, 1.165) is 0 Å². The molecular weight excluding hydrogens is 147 g/mol. The Labute approximate surface area is 68.7 Å². The predicted molar refractivity (Wildman–Crippen MR) is 47.2 cm³/mol. The maximum Gasteiger partial charge on any atom is 0.528 e. The van der Waals surface area contributed by atoms with E-state index in [-0.39, 0.29) is 18.6 Å². The van der Waals surface area contributed by atoms with Crippen LogP contribution >= 0.6 is 12.5 Å². The van der Waals surface area contributed by atoms with Gasteiger partial charge in [-0.25, -0.2) is 0 Å². The van der Waals surface area contributed by atoms with Crippen LogP contribution in [0, 0.1) is 0 Å². The maximum atomic E-state index is 5.20. The van der Waals surface area contributed by atoms with Crippen molar-refractivity contribution in [2.75, 3.05) is 0 Å². The van der Waals surface area contributed by atoms with E-state index in [1.807, 2.05) is 27.7 Å². The van der Waals surface area contributed by atoms with Gasteiger partial charge in [-0.15, -0.1) is 0 Å². The molecule has 60 valence electrons. The molecule has 0 aliphatic heterocycles. The molecule has 0 aliphatic carbocycles. The van der Waals surface area contributed by atoms with Crippen molar-refractivity contribution < 1.29 is 9.31 Å². The molecule has 0 saturated heterocycles. The largest absolute Gasteiger partial charge is 0.528 e. The van der Waals surface area contributed by atoms with E-state index >= 15 is 0 Å². The van der Waals surface area contributed by atoms with Crippen LogP contribution in [0.2, 0.25) is 0 Å². The fourth-order valence-corrected chi connectivity index (χ4v) is 0.985. The van der Waals surface area contributed by atoms with Gasteiger partial charge in [0.1, 0.15) is 0 Å². The summed E-state index contributed by atoms with van der Waals surface area (Å²) >= 11 is 4.06. The van der Waals surface area contributed by atoms with Gasteiger partial charge in [0.05, 0.1) is 0 Å². The first-order chi connectivity index (χ1) is 4.52. The summed E-state index contributed by atoms with van der Waals surface area (Å²) in [6.45, 7) is 7.81. The van der Waals surface area contributed by atoms with Crippen molar-refractivity contribution in [1.82, 2.24) is 0 Å². The fourth-order valence-electron chi connectivity index (χ4n) is 0.498. The van der Waals surface area contributed by atoms with Gasteiger partial charge in [-0.2, -0.15) is 12.5 Å². The Bertz CT molecular complexity index is 77.8. The van der Waals surface area contributed by atoms with Crippen molar-refractivity contribution in [2.45, 2.75) is 39.9 Å². The molecule has 0 heterocycles. The highest BCUT2D eigenvalue weighted by Gasteiger charge is 2.15. The smallest absolute Gasteiger partial charge is 0.400 e. The molecule has 0 aromatic heterocycles. The van der Waals surface area contributed by atoms with E-state index in [1.165, 1.54) is 0 Å². The monoisotopic (exact) mass is 162 g/mol. The van der Waals surface area contributed by atoms with Crippen molar-refractivity contribution in [3.8, 4) is 0 Å². The maximum absolute atomic E-state index is 5.20. The standard InChI is InChI=1S/C6H15BO2S/c1-5(2)8-7(10)9-6(3)4/h5-6,10H,1-4H3. The zero-order valence-corrected chi connectivity index (χ0v) is 7.89. The molecule has 0 radical (unpaired) electrons. The summed E-state index contributed by atoms with van der Waals surface area (Å²) in [5, 5.41) is 0. The van der Waals surface area contributed by atoms with Gasteiger partial charge in [-0.1, -0.05) is 0 Å². The molecule has 0 atom stereocenters. The van der Waals surface area contributed by atoms with Gasteiger partial charge in [0.15, 0.2) is 0 Å². The highest BCUT2D eigenvalue weighted by molar-refractivity contribution is 8.08. The molecule has 0 aromatic carbocycles. The highest BCUT2D eigenvalue weighted by atomic mass is 32.1. The summed E-state index contributed by atoms with van der Waals surface area (Å²) in [5.41, 5.74) is 0. The molecule has 0 fully saturated rings. The van der Waals surface area contributed by atoms with Gasteiger partial charge in [0, 0.05) is 12.2 Å². The Kier molecular flexibility index (Phi) is 5.22. The van der Waals surface area contributed by atoms with Crippen LogP contribution in [0.3, 0.4) is 0 Å². The van der Waals surface area contributed by atoms with Crippen molar-refractivity contribution in [3.63, 3.8) is 0 Å². The second-order valence-electron chi connectivity index (χ2n) is 2.68.